The average Bonchev–Trinajstić information content (AvgIpc) is 2.69. The Hall–Kier alpha value is -2.41. The van der Waals surface area contributed by atoms with Gasteiger partial charge in [-0.2, -0.15) is 0 Å². The van der Waals surface area contributed by atoms with Crippen molar-refractivity contribution in [3.63, 3.8) is 0 Å². The highest BCUT2D eigenvalue weighted by molar-refractivity contribution is 5.90. The highest BCUT2D eigenvalue weighted by atomic mass is 16.5. The molecule has 1 aromatic carbocycles. The minimum Gasteiger partial charge on any atom is -0.466 e. The lowest BCUT2D eigenvalue weighted by Gasteiger charge is -2.26. The predicted octanol–water partition coefficient (Wildman–Crippen LogP) is 2.44. The van der Waals surface area contributed by atoms with Gasteiger partial charge in [0.2, 0.25) is 11.8 Å². The summed E-state index contributed by atoms with van der Waals surface area (Å²) in [5.41, 5.74) is 0.973. The van der Waals surface area contributed by atoms with Crippen molar-refractivity contribution in [1.29, 1.82) is 0 Å². The molecule has 0 aliphatic heterocycles. The summed E-state index contributed by atoms with van der Waals surface area (Å²) in [6.45, 7) is 8.01. The van der Waals surface area contributed by atoms with Crippen LogP contribution in [0.3, 0.4) is 0 Å². The third kappa shape index (κ3) is 9.09. The lowest BCUT2D eigenvalue weighted by atomic mass is 9.92. The molecular weight excluding hydrogens is 372 g/mol. The molecule has 29 heavy (non-hydrogen) atoms. The molecule has 7 heteroatoms. The quantitative estimate of drug-likeness (QED) is 0.520. The third-order valence-corrected chi connectivity index (χ3v) is 4.50. The molecular formula is C22H34N2O5. The van der Waals surface area contributed by atoms with Crippen molar-refractivity contribution in [1.82, 2.24) is 10.6 Å². The summed E-state index contributed by atoms with van der Waals surface area (Å²) in [4.78, 5) is 37.1. The lowest BCUT2D eigenvalue weighted by Crippen LogP contribution is -2.54. The van der Waals surface area contributed by atoms with Crippen LogP contribution in [0.15, 0.2) is 30.3 Å². The molecule has 1 unspecified atom stereocenters. The monoisotopic (exact) mass is 406 g/mol. The highest BCUT2D eigenvalue weighted by Crippen LogP contribution is 2.18. The summed E-state index contributed by atoms with van der Waals surface area (Å²) in [6.07, 6.45) is -0.0523. The molecule has 2 N–H and O–H groups in total. The summed E-state index contributed by atoms with van der Waals surface area (Å²) < 4.78 is 10.8. The number of carbonyl (C=O) groups is 3. The molecule has 162 valence electrons. The van der Waals surface area contributed by atoms with Gasteiger partial charge in [-0.15, -0.1) is 0 Å². The van der Waals surface area contributed by atoms with E-state index < -0.39 is 24.0 Å². The van der Waals surface area contributed by atoms with Gasteiger partial charge < -0.3 is 20.1 Å². The van der Waals surface area contributed by atoms with Gasteiger partial charge in [-0.1, -0.05) is 44.2 Å². The fraction of sp³-hybridized carbons (Fsp3) is 0.591. The molecule has 0 radical (unpaired) electrons. The highest BCUT2D eigenvalue weighted by Gasteiger charge is 2.31. The zero-order valence-corrected chi connectivity index (χ0v) is 18.1. The van der Waals surface area contributed by atoms with Crippen LogP contribution >= 0.6 is 0 Å². The van der Waals surface area contributed by atoms with E-state index in [0.29, 0.717) is 13.0 Å². The lowest BCUT2D eigenvalue weighted by molar-refractivity contribution is -0.147. The molecule has 0 aromatic heterocycles. The number of hydrogen-bond acceptors (Lipinski definition) is 5. The molecule has 1 aromatic rings. The maximum atomic E-state index is 12.9. The van der Waals surface area contributed by atoms with Gasteiger partial charge in [0.1, 0.15) is 6.04 Å². The normalized spacial score (nSPS) is 14.0. The van der Waals surface area contributed by atoms with Crippen molar-refractivity contribution in [3.05, 3.63) is 35.9 Å². The topological polar surface area (TPSA) is 93.7 Å². The number of likely N-dealkylation sites (N-methyl/N-ethyl adjacent to an activating group) is 1. The van der Waals surface area contributed by atoms with Crippen molar-refractivity contribution < 1.29 is 23.9 Å². The Morgan fingerprint density at radius 1 is 1.03 bits per heavy atom. The molecule has 0 spiro atoms. The maximum absolute atomic E-state index is 12.9. The van der Waals surface area contributed by atoms with Gasteiger partial charge in [0, 0.05) is 13.0 Å². The van der Waals surface area contributed by atoms with Gasteiger partial charge in [-0.3, -0.25) is 14.4 Å². The first-order valence-corrected chi connectivity index (χ1v) is 10.1. The average molecular weight is 407 g/mol. The van der Waals surface area contributed by atoms with Crippen molar-refractivity contribution in [2.45, 2.75) is 59.3 Å². The van der Waals surface area contributed by atoms with E-state index in [4.69, 9.17) is 9.47 Å². The Morgan fingerprint density at radius 3 is 2.24 bits per heavy atom. The van der Waals surface area contributed by atoms with Crippen LogP contribution in [0, 0.1) is 11.8 Å². The van der Waals surface area contributed by atoms with E-state index in [1.165, 1.54) is 7.05 Å². The van der Waals surface area contributed by atoms with Gasteiger partial charge in [0.25, 0.3) is 0 Å². The zero-order chi connectivity index (χ0) is 21.8. The molecule has 3 atom stereocenters. The number of carbonyl (C=O) groups excluding carboxylic acids is 3. The molecule has 0 heterocycles. The van der Waals surface area contributed by atoms with Crippen LogP contribution in [0.2, 0.25) is 0 Å². The van der Waals surface area contributed by atoms with E-state index in [0.717, 1.165) is 5.56 Å². The number of nitrogens with one attached hydrogen (secondary N) is 2. The van der Waals surface area contributed by atoms with Crippen LogP contribution in [0.1, 0.15) is 46.1 Å². The van der Waals surface area contributed by atoms with Crippen LogP contribution in [0.25, 0.3) is 0 Å². The summed E-state index contributed by atoms with van der Waals surface area (Å²) in [5, 5.41) is 5.34. The Labute approximate surface area is 173 Å². The van der Waals surface area contributed by atoms with Gasteiger partial charge in [-0.05, 0) is 31.7 Å². The Bertz CT molecular complexity index is 648. The number of benzene rings is 1. The van der Waals surface area contributed by atoms with Crippen LogP contribution in [-0.4, -0.2) is 43.6 Å². The first-order chi connectivity index (χ1) is 13.8. The fourth-order valence-electron chi connectivity index (χ4n) is 2.99. The van der Waals surface area contributed by atoms with Crippen molar-refractivity contribution in [3.8, 4) is 0 Å². The smallest absolute Gasteiger partial charge is 0.306 e. The number of esters is 1. The van der Waals surface area contributed by atoms with Crippen LogP contribution < -0.4 is 10.6 Å². The number of ether oxygens (including phenoxy) is 2. The largest absolute Gasteiger partial charge is 0.466 e. The van der Waals surface area contributed by atoms with Crippen LogP contribution in [0.5, 0.6) is 0 Å². The Morgan fingerprint density at radius 2 is 1.69 bits per heavy atom. The van der Waals surface area contributed by atoms with E-state index in [1.54, 1.807) is 13.8 Å². The number of rotatable bonds is 12. The van der Waals surface area contributed by atoms with E-state index in [9.17, 15) is 14.4 Å². The Kier molecular flexibility index (Phi) is 11.0. The summed E-state index contributed by atoms with van der Waals surface area (Å²) in [7, 11) is 1.51. The molecule has 7 nitrogen and oxygen atoms in total. The van der Waals surface area contributed by atoms with E-state index in [-0.39, 0.29) is 30.8 Å². The molecule has 2 amide bonds. The fourth-order valence-corrected chi connectivity index (χ4v) is 2.99. The first kappa shape index (κ1) is 24.6. The SMILES string of the molecule is CCOC(=O)CC(CC(C)C)C(=O)N[C@H](C(=O)NC)[C@@H](C)OCc1ccccc1. The minimum atomic E-state index is -0.868. The maximum Gasteiger partial charge on any atom is 0.306 e. The number of amides is 2. The summed E-state index contributed by atoms with van der Waals surface area (Å²) >= 11 is 0. The molecule has 0 aliphatic carbocycles. The van der Waals surface area contributed by atoms with Crippen LogP contribution in [0.4, 0.5) is 0 Å². The van der Waals surface area contributed by atoms with Gasteiger partial charge in [0.15, 0.2) is 0 Å². The molecule has 1 rings (SSSR count). The molecule has 0 saturated heterocycles. The van der Waals surface area contributed by atoms with Crippen LogP contribution in [-0.2, 0) is 30.5 Å². The van der Waals surface area contributed by atoms with E-state index >= 15 is 0 Å². The second kappa shape index (κ2) is 12.9. The first-order valence-electron chi connectivity index (χ1n) is 10.1. The summed E-state index contributed by atoms with van der Waals surface area (Å²) in [5.74, 6) is -1.47. The molecule has 0 bridgehead atoms. The third-order valence-electron chi connectivity index (χ3n) is 4.50. The predicted molar refractivity (Wildman–Crippen MR) is 111 cm³/mol. The van der Waals surface area contributed by atoms with E-state index in [1.807, 2.05) is 44.2 Å². The summed E-state index contributed by atoms with van der Waals surface area (Å²) in [6, 6.07) is 8.73. The second-order valence-corrected chi connectivity index (χ2v) is 7.44. The standard InChI is InChI=1S/C22H34N2O5/c1-6-28-19(25)13-18(12-15(2)3)21(26)24-20(22(27)23-5)16(4)29-14-17-10-8-7-9-11-17/h7-11,15-16,18,20H,6,12-14H2,1-5H3,(H,23,27)(H,24,26)/t16-,18?,20+/m1/s1. The molecule has 0 fully saturated rings. The van der Waals surface area contributed by atoms with Crippen molar-refractivity contribution >= 4 is 17.8 Å². The molecule has 0 saturated carbocycles. The molecule has 0 aliphatic rings. The van der Waals surface area contributed by atoms with Crippen molar-refractivity contribution in [2.75, 3.05) is 13.7 Å². The van der Waals surface area contributed by atoms with Gasteiger partial charge in [0.05, 0.1) is 25.7 Å². The van der Waals surface area contributed by atoms with Gasteiger partial charge >= 0.3 is 5.97 Å². The minimum absolute atomic E-state index is 0.0163. The van der Waals surface area contributed by atoms with Gasteiger partial charge in [-0.25, -0.2) is 0 Å². The Balaban J connectivity index is 2.82. The zero-order valence-electron chi connectivity index (χ0n) is 18.1. The number of hydrogen-bond donors (Lipinski definition) is 2. The van der Waals surface area contributed by atoms with Crippen molar-refractivity contribution in [2.24, 2.45) is 11.8 Å². The second-order valence-electron chi connectivity index (χ2n) is 7.44. The van der Waals surface area contributed by atoms with E-state index in [2.05, 4.69) is 10.6 Å².